The average Bonchev–Trinajstić information content (AvgIpc) is 2.88. The van der Waals surface area contributed by atoms with Crippen LogP contribution in [0.4, 0.5) is 4.39 Å². The summed E-state index contributed by atoms with van der Waals surface area (Å²) in [6, 6.07) is 19.5. The Morgan fingerprint density at radius 3 is 2.28 bits per heavy atom. The highest BCUT2D eigenvalue weighted by atomic mass is 79.9. The van der Waals surface area contributed by atoms with Crippen LogP contribution >= 0.6 is 27.5 Å². The van der Waals surface area contributed by atoms with Crippen LogP contribution in [0.25, 0.3) is 0 Å². The number of nitrogens with zero attached hydrogens (tertiary/aromatic N) is 3. The van der Waals surface area contributed by atoms with Gasteiger partial charge in [-0.25, -0.2) is 12.8 Å². The number of benzene rings is 3. The molecule has 1 aliphatic heterocycles. The molecular formula is C26H26BrClFN3O3S. The van der Waals surface area contributed by atoms with Gasteiger partial charge in [-0.1, -0.05) is 45.7 Å². The number of piperazine rings is 1. The van der Waals surface area contributed by atoms with Crippen molar-refractivity contribution >= 4 is 43.5 Å². The third kappa shape index (κ3) is 6.72. The molecule has 4 rings (SSSR count). The Kier molecular flexibility index (Phi) is 8.79. The SMILES string of the molecule is O=C(c1cccc(Cl)c1)N(CCN1CCN(S(=O)(=O)c2ccc(Br)cc2)CC1)Cc1ccc(F)cc1. The minimum atomic E-state index is -3.55. The van der Waals surface area contributed by atoms with E-state index in [1.165, 1.54) is 16.4 Å². The maximum Gasteiger partial charge on any atom is 0.254 e. The van der Waals surface area contributed by atoms with E-state index >= 15 is 0 Å². The molecule has 190 valence electrons. The molecule has 0 saturated carbocycles. The number of sulfonamides is 1. The number of hydrogen-bond donors (Lipinski definition) is 0. The van der Waals surface area contributed by atoms with E-state index in [9.17, 15) is 17.6 Å². The highest BCUT2D eigenvalue weighted by molar-refractivity contribution is 9.10. The number of amides is 1. The van der Waals surface area contributed by atoms with Crippen molar-refractivity contribution in [3.63, 3.8) is 0 Å². The molecule has 0 aromatic heterocycles. The van der Waals surface area contributed by atoms with E-state index in [1.54, 1.807) is 65.6 Å². The van der Waals surface area contributed by atoms with Gasteiger partial charge in [0.2, 0.25) is 10.0 Å². The zero-order valence-electron chi connectivity index (χ0n) is 19.5. The zero-order chi connectivity index (χ0) is 25.7. The Bertz CT molecular complexity index is 1300. The molecule has 0 bridgehead atoms. The molecule has 1 aliphatic rings. The van der Waals surface area contributed by atoms with Crippen LogP contribution in [0.3, 0.4) is 0 Å². The lowest BCUT2D eigenvalue weighted by atomic mass is 10.1. The second-order valence-corrected chi connectivity index (χ2v) is 11.9. The largest absolute Gasteiger partial charge is 0.333 e. The van der Waals surface area contributed by atoms with E-state index < -0.39 is 10.0 Å². The Hall–Kier alpha value is -2.30. The molecule has 0 radical (unpaired) electrons. The van der Waals surface area contributed by atoms with Crippen molar-refractivity contribution in [1.82, 2.24) is 14.1 Å². The normalized spacial score (nSPS) is 15.1. The summed E-state index contributed by atoms with van der Waals surface area (Å²) in [6.07, 6.45) is 0. The first-order valence-electron chi connectivity index (χ1n) is 11.5. The first-order valence-corrected chi connectivity index (χ1v) is 14.1. The molecule has 1 amide bonds. The summed E-state index contributed by atoms with van der Waals surface area (Å²) < 4.78 is 41.6. The smallest absolute Gasteiger partial charge is 0.254 e. The predicted molar refractivity (Wildman–Crippen MR) is 142 cm³/mol. The van der Waals surface area contributed by atoms with Crippen molar-refractivity contribution in [2.24, 2.45) is 0 Å². The van der Waals surface area contributed by atoms with E-state index in [0.717, 1.165) is 10.0 Å². The molecule has 0 atom stereocenters. The number of carbonyl (C=O) groups is 1. The molecule has 0 N–H and O–H groups in total. The van der Waals surface area contributed by atoms with Crippen LogP contribution in [0.2, 0.25) is 5.02 Å². The highest BCUT2D eigenvalue weighted by Crippen LogP contribution is 2.21. The molecule has 36 heavy (non-hydrogen) atoms. The fraction of sp³-hybridized carbons (Fsp3) is 0.269. The average molecular weight is 595 g/mol. The van der Waals surface area contributed by atoms with Crippen molar-refractivity contribution in [3.05, 3.63) is 99.2 Å². The zero-order valence-corrected chi connectivity index (χ0v) is 22.6. The minimum Gasteiger partial charge on any atom is -0.333 e. The van der Waals surface area contributed by atoms with Crippen molar-refractivity contribution in [3.8, 4) is 0 Å². The van der Waals surface area contributed by atoms with E-state index in [0.29, 0.717) is 56.4 Å². The Balaban J connectivity index is 1.40. The maximum atomic E-state index is 13.4. The summed E-state index contributed by atoms with van der Waals surface area (Å²) in [4.78, 5) is 17.4. The first-order chi connectivity index (χ1) is 17.2. The van der Waals surface area contributed by atoms with Gasteiger partial charge in [-0.3, -0.25) is 9.69 Å². The third-order valence-corrected chi connectivity index (χ3v) is 8.79. The fourth-order valence-electron chi connectivity index (χ4n) is 4.08. The summed E-state index contributed by atoms with van der Waals surface area (Å²) in [6.45, 7) is 3.21. The van der Waals surface area contributed by atoms with E-state index in [-0.39, 0.29) is 16.6 Å². The van der Waals surface area contributed by atoms with Crippen LogP contribution in [0, 0.1) is 5.82 Å². The van der Waals surface area contributed by atoms with Crippen LogP contribution in [0.15, 0.2) is 82.2 Å². The lowest BCUT2D eigenvalue weighted by Gasteiger charge is -2.35. The Morgan fingerprint density at radius 1 is 0.972 bits per heavy atom. The molecule has 0 spiro atoms. The Labute approximate surface area is 224 Å². The molecule has 1 heterocycles. The molecule has 3 aromatic rings. The van der Waals surface area contributed by atoms with Crippen LogP contribution in [-0.4, -0.2) is 67.7 Å². The van der Waals surface area contributed by atoms with Crippen LogP contribution in [0.5, 0.6) is 0 Å². The maximum absolute atomic E-state index is 13.4. The molecule has 0 unspecified atom stereocenters. The van der Waals surface area contributed by atoms with Gasteiger partial charge in [0, 0.05) is 60.9 Å². The number of halogens is 3. The minimum absolute atomic E-state index is 0.168. The molecule has 10 heteroatoms. The van der Waals surface area contributed by atoms with Crippen LogP contribution in [-0.2, 0) is 16.6 Å². The number of rotatable bonds is 8. The molecule has 1 fully saturated rings. The van der Waals surface area contributed by atoms with Gasteiger partial charge in [0.25, 0.3) is 5.91 Å². The van der Waals surface area contributed by atoms with Gasteiger partial charge in [-0.15, -0.1) is 0 Å². The van der Waals surface area contributed by atoms with Crippen molar-refractivity contribution < 1.29 is 17.6 Å². The van der Waals surface area contributed by atoms with E-state index in [4.69, 9.17) is 11.6 Å². The van der Waals surface area contributed by atoms with Gasteiger partial charge in [0.05, 0.1) is 4.90 Å². The van der Waals surface area contributed by atoms with Gasteiger partial charge < -0.3 is 4.90 Å². The predicted octanol–water partition coefficient (Wildman–Crippen LogP) is 4.89. The molecule has 6 nitrogen and oxygen atoms in total. The number of hydrogen-bond acceptors (Lipinski definition) is 4. The molecule has 1 saturated heterocycles. The first kappa shape index (κ1) is 26.8. The summed E-state index contributed by atoms with van der Waals surface area (Å²) >= 11 is 9.43. The lowest BCUT2D eigenvalue weighted by Crippen LogP contribution is -2.50. The molecule has 3 aromatic carbocycles. The van der Waals surface area contributed by atoms with Gasteiger partial charge in [-0.2, -0.15) is 4.31 Å². The van der Waals surface area contributed by atoms with Gasteiger partial charge in [-0.05, 0) is 60.2 Å². The van der Waals surface area contributed by atoms with Gasteiger partial charge in [0.1, 0.15) is 5.82 Å². The standard InChI is InChI=1S/C26H26BrClFN3O3S/c27-22-6-10-25(11-7-22)36(34,35)32-16-13-30(14-17-32)12-15-31(19-20-4-8-24(29)9-5-20)26(33)21-2-1-3-23(28)18-21/h1-11,18H,12-17,19H2. The van der Waals surface area contributed by atoms with Crippen molar-refractivity contribution in [1.29, 1.82) is 0 Å². The molecule has 0 aliphatic carbocycles. The lowest BCUT2D eigenvalue weighted by molar-refractivity contribution is 0.0710. The van der Waals surface area contributed by atoms with Gasteiger partial charge >= 0.3 is 0 Å². The topological polar surface area (TPSA) is 60.9 Å². The highest BCUT2D eigenvalue weighted by Gasteiger charge is 2.29. The number of carbonyl (C=O) groups excluding carboxylic acids is 1. The van der Waals surface area contributed by atoms with E-state index in [1.807, 2.05) is 0 Å². The van der Waals surface area contributed by atoms with E-state index in [2.05, 4.69) is 20.8 Å². The van der Waals surface area contributed by atoms with Crippen molar-refractivity contribution in [2.45, 2.75) is 11.4 Å². The van der Waals surface area contributed by atoms with Crippen LogP contribution < -0.4 is 0 Å². The summed E-state index contributed by atoms with van der Waals surface area (Å²) in [5.74, 6) is -0.499. The second-order valence-electron chi connectivity index (χ2n) is 8.56. The monoisotopic (exact) mass is 593 g/mol. The second kappa shape index (κ2) is 11.8. The third-order valence-electron chi connectivity index (χ3n) is 6.11. The Morgan fingerprint density at radius 2 is 1.64 bits per heavy atom. The fourth-order valence-corrected chi connectivity index (χ4v) is 5.95. The van der Waals surface area contributed by atoms with Gasteiger partial charge in [0.15, 0.2) is 0 Å². The van der Waals surface area contributed by atoms with Crippen molar-refractivity contribution in [2.75, 3.05) is 39.3 Å². The summed E-state index contributed by atoms with van der Waals surface area (Å²) in [5.41, 5.74) is 1.30. The quantitative estimate of drug-likeness (QED) is 0.373. The summed E-state index contributed by atoms with van der Waals surface area (Å²) in [5, 5.41) is 0.477. The van der Waals surface area contributed by atoms with Crippen LogP contribution in [0.1, 0.15) is 15.9 Å². The summed E-state index contributed by atoms with van der Waals surface area (Å²) in [7, 11) is -3.55. The molecular weight excluding hydrogens is 569 g/mol.